The first-order valence-corrected chi connectivity index (χ1v) is 10.8. The Hall–Kier alpha value is -0.160. The molecule has 0 aliphatic carbocycles. The van der Waals surface area contributed by atoms with Crippen LogP contribution < -0.4 is 5.73 Å². The molecule has 4 heteroatoms. The van der Waals surface area contributed by atoms with Gasteiger partial charge in [0.1, 0.15) is 0 Å². The first-order chi connectivity index (χ1) is 11.9. The van der Waals surface area contributed by atoms with Crippen LogP contribution in [0.5, 0.6) is 0 Å². The molecule has 3 heterocycles. The summed E-state index contributed by atoms with van der Waals surface area (Å²) < 4.78 is 0. The molecule has 0 aromatic rings. The number of nitrogens with two attached hydrogens (primary N) is 1. The highest BCUT2D eigenvalue weighted by atomic mass is 15.1. The van der Waals surface area contributed by atoms with E-state index in [0.29, 0.717) is 0 Å². The van der Waals surface area contributed by atoms with Gasteiger partial charge >= 0.3 is 0 Å². The molecule has 3 aliphatic rings. The van der Waals surface area contributed by atoms with E-state index < -0.39 is 0 Å². The Kier molecular flexibility index (Phi) is 11.0. The fraction of sp³-hybridized carbons (Fsp3) is 1.00. The van der Waals surface area contributed by atoms with E-state index in [1.165, 1.54) is 123 Å². The summed E-state index contributed by atoms with van der Waals surface area (Å²) in [5, 5.41) is 0. The smallest absolute Gasteiger partial charge is 0.00183 e. The van der Waals surface area contributed by atoms with Gasteiger partial charge in [-0.2, -0.15) is 0 Å². The number of likely N-dealkylation sites (tertiary alicyclic amines) is 3. The van der Waals surface area contributed by atoms with Gasteiger partial charge in [-0.05, 0) is 130 Å². The lowest BCUT2D eigenvalue weighted by atomic mass is 10.3. The quantitative estimate of drug-likeness (QED) is 0.656. The molecule has 0 saturated carbocycles. The van der Waals surface area contributed by atoms with Crippen molar-refractivity contribution in [3.8, 4) is 0 Å². The highest BCUT2D eigenvalue weighted by Crippen LogP contribution is 2.11. The lowest BCUT2D eigenvalue weighted by Crippen LogP contribution is -2.23. The summed E-state index contributed by atoms with van der Waals surface area (Å²) in [6.07, 6.45) is 13.9. The lowest BCUT2D eigenvalue weighted by molar-refractivity contribution is 0.295. The Balaban J connectivity index is 0.000000185. The molecule has 0 aromatic carbocycles. The molecule has 142 valence electrons. The lowest BCUT2D eigenvalue weighted by Gasteiger charge is -2.17. The number of hydrogen-bond donors (Lipinski definition) is 1. The third-order valence-electron chi connectivity index (χ3n) is 5.72. The fourth-order valence-corrected chi connectivity index (χ4v) is 4.17. The summed E-state index contributed by atoms with van der Waals surface area (Å²) in [7, 11) is 0. The topological polar surface area (TPSA) is 35.7 Å². The van der Waals surface area contributed by atoms with Gasteiger partial charge in [-0.25, -0.2) is 0 Å². The van der Waals surface area contributed by atoms with Crippen LogP contribution in [-0.4, -0.2) is 80.1 Å². The van der Waals surface area contributed by atoms with E-state index in [2.05, 4.69) is 14.7 Å². The van der Waals surface area contributed by atoms with Crippen LogP contribution in [0.15, 0.2) is 0 Å². The number of rotatable bonds is 9. The molecule has 0 unspecified atom stereocenters. The van der Waals surface area contributed by atoms with Crippen molar-refractivity contribution >= 4 is 0 Å². The summed E-state index contributed by atoms with van der Waals surface area (Å²) >= 11 is 0. The van der Waals surface area contributed by atoms with Crippen LogP contribution in [0.25, 0.3) is 0 Å². The van der Waals surface area contributed by atoms with Crippen LogP contribution in [0.4, 0.5) is 0 Å². The van der Waals surface area contributed by atoms with Crippen molar-refractivity contribution in [3.05, 3.63) is 0 Å². The first-order valence-electron chi connectivity index (χ1n) is 10.8. The van der Waals surface area contributed by atoms with Crippen LogP contribution in [0.3, 0.4) is 0 Å². The van der Waals surface area contributed by atoms with Gasteiger partial charge < -0.3 is 20.4 Å². The first kappa shape index (κ1) is 20.2. The zero-order valence-corrected chi connectivity index (χ0v) is 16.1. The normalized spacial score (nSPS) is 22.9. The predicted molar refractivity (Wildman–Crippen MR) is 105 cm³/mol. The number of hydrogen-bond acceptors (Lipinski definition) is 4. The van der Waals surface area contributed by atoms with E-state index in [4.69, 9.17) is 5.73 Å². The van der Waals surface area contributed by atoms with E-state index in [9.17, 15) is 0 Å². The Bertz CT molecular complexity index is 261. The van der Waals surface area contributed by atoms with Gasteiger partial charge in [-0.15, -0.1) is 0 Å². The van der Waals surface area contributed by atoms with Gasteiger partial charge in [0.2, 0.25) is 0 Å². The third-order valence-corrected chi connectivity index (χ3v) is 5.72. The SMILES string of the molecule is C1CCN(CCCCN2CCCC2)C1.NCCCCN1CCCC1. The standard InChI is InChI=1S/C12H24N2.C8H18N2/c1-2-8-13(7-1)11-5-6-12-14-9-3-4-10-14;9-5-1-2-6-10-7-3-4-8-10/h1-12H2;1-9H2. The second-order valence-corrected chi connectivity index (χ2v) is 7.85. The molecule has 4 nitrogen and oxygen atoms in total. The second-order valence-electron chi connectivity index (χ2n) is 7.85. The van der Waals surface area contributed by atoms with Crippen molar-refractivity contribution in [1.82, 2.24) is 14.7 Å². The van der Waals surface area contributed by atoms with Crippen LogP contribution >= 0.6 is 0 Å². The van der Waals surface area contributed by atoms with Gasteiger partial charge in [0, 0.05) is 0 Å². The molecule has 0 radical (unpaired) electrons. The largest absolute Gasteiger partial charge is 0.330 e. The van der Waals surface area contributed by atoms with Crippen molar-refractivity contribution in [2.75, 3.05) is 65.4 Å². The minimum atomic E-state index is 0.855. The summed E-state index contributed by atoms with van der Waals surface area (Å²) in [6.45, 7) is 12.9. The van der Waals surface area contributed by atoms with Gasteiger partial charge in [0.05, 0.1) is 0 Å². The average Bonchev–Trinajstić information content (AvgIpc) is 3.35. The zero-order chi connectivity index (χ0) is 16.9. The van der Waals surface area contributed by atoms with E-state index in [-0.39, 0.29) is 0 Å². The maximum absolute atomic E-state index is 5.39. The van der Waals surface area contributed by atoms with Gasteiger partial charge in [-0.1, -0.05) is 0 Å². The van der Waals surface area contributed by atoms with E-state index in [1.807, 2.05) is 0 Å². The third kappa shape index (κ3) is 8.80. The molecule has 0 amide bonds. The average molecular weight is 339 g/mol. The Labute approximate surface area is 150 Å². The van der Waals surface area contributed by atoms with E-state index >= 15 is 0 Å². The number of nitrogens with zero attached hydrogens (tertiary/aromatic N) is 3. The van der Waals surface area contributed by atoms with Crippen LogP contribution in [0, 0.1) is 0 Å². The molecule has 0 bridgehead atoms. The molecule has 3 saturated heterocycles. The minimum Gasteiger partial charge on any atom is -0.330 e. The highest BCUT2D eigenvalue weighted by molar-refractivity contribution is 4.68. The van der Waals surface area contributed by atoms with Crippen molar-refractivity contribution in [2.24, 2.45) is 5.73 Å². The van der Waals surface area contributed by atoms with Crippen molar-refractivity contribution in [1.29, 1.82) is 0 Å². The maximum atomic E-state index is 5.39. The van der Waals surface area contributed by atoms with Crippen LogP contribution in [0.1, 0.15) is 64.2 Å². The fourth-order valence-electron chi connectivity index (χ4n) is 4.17. The predicted octanol–water partition coefficient (Wildman–Crippen LogP) is 2.78. The molecule has 0 atom stereocenters. The molecule has 3 fully saturated rings. The zero-order valence-electron chi connectivity index (χ0n) is 16.1. The Morgan fingerprint density at radius 3 is 1.04 bits per heavy atom. The molecule has 0 aromatic heterocycles. The van der Waals surface area contributed by atoms with Gasteiger partial charge in [0.15, 0.2) is 0 Å². The molecule has 24 heavy (non-hydrogen) atoms. The van der Waals surface area contributed by atoms with E-state index in [1.54, 1.807) is 0 Å². The summed E-state index contributed by atoms with van der Waals surface area (Å²) in [5.41, 5.74) is 5.39. The highest BCUT2D eigenvalue weighted by Gasteiger charge is 2.12. The van der Waals surface area contributed by atoms with Crippen LogP contribution in [0.2, 0.25) is 0 Å². The summed E-state index contributed by atoms with van der Waals surface area (Å²) in [6, 6.07) is 0. The molecule has 2 N–H and O–H groups in total. The summed E-state index contributed by atoms with van der Waals surface area (Å²) in [5.74, 6) is 0. The second kappa shape index (κ2) is 13.1. The van der Waals surface area contributed by atoms with Crippen molar-refractivity contribution in [3.63, 3.8) is 0 Å². The number of unbranched alkanes of at least 4 members (excludes halogenated alkanes) is 2. The molecular weight excluding hydrogens is 296 g/mol. The Morgan fingerprint density at radius 1 is 0.458 bits per heavy atom. The Morgan fingerprint density at radius 2 is 0.750 bits per heavy atom. The van der Waals surface area contributed by atoms with Gasteiger partial charge in [0.25, 0.3) is 0 Å². The van der Waals surface area contributed by atoms with Crippen molar-refractivity contribution in [2.45, 2.75) is 64.2 Å². The van der Waals surface area contributed by atoms with Gasteiger partial charge in [-0.3, -0.25) is 0 Å². The minimum absolute atomic E-state index is 0.855. The van der Waals surface area contributed by atoms with E-state index in [0.717, 1.165) is 6.54 Å². The monoisotopic (exact) mass is 338 g/mol. The molecular formula is C20H42N4. The maximum Gasteiger partial charge on any atom is -0.00183 e. The summed E-state index contributed by atoms with van der Waals surface area (Å²) in [4.78, 5) is 7.80. The van der Waals surface area contributed by atoms with Crippen LogP contribution in [-0.2, 0) is 0 Å². The molecule has 0 spiro atoms. The van der Waals surface area contributed by atoms with Crippen molar-refractivity contribution < 1.29 is 0 Å². The molecule has 3 rings (SSSR count). The molecule has 3 aliphatic heterocycles.